The first-order chi connectivity index (χ1) is 15.7. The van der Waals surface area contributed by atoms with E-state index in [4.69, 9.17) is 0 Å². The Kier molecular flexibility index (Phi) is 4.04. The Bertz CT molecular complexity index is 1620. The van der Waals surface area contributed by atoms with E-state index in [-0.39, 0.29) is 5.91 Å². The lowest BCUT2D eigenvalue weighted by atomic mass is 10.2. The second kappa shape index (κ2) is 7.05. The van der Waals surface area contributed by atoms with E-state index in [2.05, 4.69) is 30.5 Å². The molecule has 0 saturated carbocycles. The van der Waals surface area contributed by atoms with Crippen molar-refractivity contribution in [1.82, 2.24) is 35.0 Å². The fraction of sp³-hybridized carbons (Fsp3) is 0.0833. The number of hydrogen-bond donors (Lipinski definition) is 3. The first-order valence-corrected chi connectivity index (χ1v) is 10.3. The van der Waals surface area contributed by atoms with Crippen molar-refractivity contribution in [2.24, 2.45) is 7.05 Å². The Balaban J connectivity index is 1.26. The number of benzene rings is 3. The van der Waals surface area contributed by atoms with Crippen LogP contribution in [0.5, 0.6) is 0 Å². The SMILES string of the molecule is Cn1c(CNC(=O)c2ccc3[nH]c(-c4n[nH]c5ccccc45)nc3c2)nc2ccccc21. The summed E-state index contributed by atoms with van der Waals surface area (Å²) in [6.07, 6.45) is 0. The van der Waals surface area contributed by atoms with E-state index in [1.165, 1.54) is 0 Å². The third-order valence-electron chi connectivity index (χ3n) is 5.73. The lowest BCUT2D eigenvalue weighted by molar-refractivity contribution is 0.0949. The average Bonchev–Trinajstić information content (AvgIpc) is 3.52. The van der Waals surface area contributed by atoms with E-state index in [0.717, 1.165) is 39.0 Å². The Morgan fingerprint density at radius 3 is 2.72 bits per heavy atom. The van der Waals surface area contributed by atoms with Gasteiger partial charge in [0.2, 0.25) is 0 Å². The molecule has 0 atom stereocenters. The minimum absolute atomic E-state index is 0.172. The van der Waals surface area contributed by atoms with Crippen LogP contribution in [0.1, 0.15) is 16.2 Å². The first-order valence-electron chi connectivity index (χ1n) is 10.3. The maximum absolute atomic E-state index is 12.8. The van der Waals surface area contributed by atoms with Gasteiger partial charge >= 0.3 is 0 Å². The van der Waals surface area contributed by atoms with Crippen LogP contribution in [-0.2, 0) is 13.6 Å². The minimum Gasteiger partial charge on any atom is -0.345 e. The Hall–Kier alpha value is -4.46. The zero-order chi connectivity index (χ0) is 21.7. The average molecular weight is 421 g/mol. The van der Waals surface area contributed by atoms with Crippen molar-refractivity contribution in [3.63, 3.8) is 0 Å². The third kappa shape index (κ3) is 2.92. The summed E-state index contributed by atoms with van der Waals surface area (Å²) in [6, 6.07) is 21.3. The second-order valence-corrected chi connectivity index (χ2v) is 7.69. The molecule has 6 rings (SSSR count). The van der Waals surface area contributed by atoms with Gasteiger partial charge < -0.3 is 14.9 Å². The van der Waals surface area contributed by atoms with Gasteiger partial charge in [-0.1, -0.05) is 30.3 Å². The van der Waals surface area contributed by atoms with Gasteiger partial charge in [0.25, 0.3) is 5.91 Å². The molecule has 0 spiro atoms. The lowest BCUT2D eigenvalue weighted by Gasteiger charge is -2.06. The van der Waals surface area contributed by atoms with E-state index >= 15 is 0 Å². The number of rotatable bonds is 4. The number of nitrogens with zero attached hydrogens (tertiary/aromatic N) is 4. The van der Waals surface area contributed by atoms with Gasteiger partial charge in [0, 0.05) is 18.0 Å². The van der Waals surface area contributed by atoms with E-state index in [9.17, 15) is 4.79 Å². The standard InChI is InChI=1S/C24H19N7O/c1-31-20-9-5-4-8-18(20)26-21(31)13-25-24(32)14-10-11-17-19(12-14)28-23(27-17)22-15-6-2-3-7-16(15)29-30-22/h2-12H,13H2,1H3,(H,25,32)(H,27,28)(H,29,30). The molecule has 8 heteroatoms. The van der Waals surface area contributed by atoms with Crippen molar-refractivity contribution in [3.8, 4) is 11.5 Å². The second-order valence-electron chi connectivity index (χ2n) is 7.69. The number of carbonyl (C=O) groups excluding carboxylic acids is 1. The predicted octanol–water partition coefficient (Wildman–Crippen LogP) is 3.92. The van der Waals surface area contributed by atoms with Crippen LogP contribution in [-0.4, -0.2) is 35.6 Å². The van der Waals surface area contributed by atoms with Crippen LogP contribution in [0.4, 0.5) is 0 Å². The van der Waals surface area contributed by atoms with Crippen LogP contribution < -0.4 is 5.32 Å². The van der Waals surface area contributed by atoms with Crippen molar-refractivity contribution >= 4 is 38.9 Å². The number of para-hydroxylation sites is 3. The van der Waals surface area contributed by atoms with Crippen LogP contribution in [0.15, 0.2) is 66.7 Å². The molecule has 0 unspecified atom stereocenters. The molecule has 0 radical (unpaired) electrons. The monoisotopic (exact) mass is 421 g/mol. The first kappa shape index (κ1) is 18.3. The van der Waals surface area contributed by atoms with Crippen LogP contribution >= 0.6 is 0 Å². The van der Waals surface area contributed by atoms with E-state index < -0.39 is 0 Å². The highest BCUT2D eigenvalue weighted by Gasteiger charge is 2.15. The summed E-state index contributed by atoms with van der Waals surface area (Å²) in [4.78, 5) is 25.4. The van der Waals surface area contributed by atoms with Crippen molar-refractivity contribution in [2.45, 2.75) is 6.54 Å². The number of H-pyrrole nitrogens is 2. The number of imidazole rings is 2. The molecule has 8 nitrogen and oxygen atoms in total. The molecule has 0 bridgehead atoms. The largest absolute Gasteiger partial charge is 0.345 e. The van der Waals surface area contributed by atoms with E-state index in [1.807, 2.05) is 66.2 Å². The highest BCUT2D eigenvalue weighted by molar-refractivity contribution is 5.98. The lowest BCUT2D eigenvalue weighted by Crippen LogP contribution is -2.24. The van der Waals surface area contributed by atoms with E-state index in [0.29, 0.717) is 23.4 Å². The normalized spacial score (nSPS) is 11.5. The van der Waals surface area contributed by atoms with Gasteiger partial charge in [0.1, 0.15) is 11.5 Å². The number of fused-ring (bicyclic) bond motifs is 3. The molecule has 3 heterocycles. The van der Waals surface area contributed by atoms with Crippen LogP contribution in [0.2, 0.25) is 0 Å². The summed E-state index contributed by atoms with van der Waals surface area (Å²) in [6.45, 7) is 0.340. The fourth-order valence-corrected chi connectivity index (χ4v) is 4.02. The molecule has 6 aromatic rings. The molecular weight excluding hydrogens is 402 g/mol. The van der Waals surface area contributed by atoms with Crippen molar-refractivity contribution < 1.29 is 4.79 Å². The topological polar surface area (TPSA) is 104 Å². The molecule has 0 aliphatic carbocycles. The quantitative estimate of drug-likeness (QED) is 0.401. The molecule has 0 saturated heterocycles. The van der Waals surface area contributed by atoms with Gasteiger partial charge in [-0.3, -0.25) is 9.89 Å². The van der Waals surface area contributed by atoms with Crippen molar-refractivity contribution in [3.05, 3.63) is 78.1 Å². The zero-order valence-electron chi connectivity index (χ0n) is 17.3. The summed E-state index contributed by atoms with van der Waals surface area (Å²) in [5, 5.41) is 11.4. The summed E-state index contributed by atoms with van der Waals surface area (Å²) in [5.41, 5.74) is 5.75. The van der Waals surface area contributed by atoms with Gasteiger partial charge in [-0.25, -0.2) is 9.97 Å². The van der Waals surface area contributed by atoms with Gasteiger partial charge in [-0.05, 0) is 36.4 Å². The van der Waals surface area contributed by atoms with Crippen LogP contribution in [0.25, 0.3) is 44.5 Å². The summed E-state index contributed by atoms with van der Waals surface area (Å²) in [5.74, 6) is 1.29. The van der Waals surface area contributed by atoms with Gasteiger partial charge in [-0.2, -0.15) is 5.10 Å². The summed E-state index contributed by atoms with van der Waals surface area (Å²) >= 11 is 0. The summed E-state index contributed by atoms with van der Waals surface area (Å²) < 4.78 is 1.99. The number of nitrogens with one attached hydrogen (secondary N) is 3. The van der Waals surface area contributed by atoms with Gasteiger partial charge in [0.15, 0.2) is 5.82 Å². The molecular formula is C24H19N7O. The molecule has 3 aromatic carbocycles. The predicted molar refractivity (Wildman–Crippen MR) is 123 cm³/mol. The number of aromatic nitrogens is 6. The van der Waals surface area contributed by atoms with E-state index in [1.54, 1.807) is 12.1 Å². The maximum Gasteiger partial charge on any atom is 0.251 e. The Morgan fingerprint density at radius 2 is 1.81 bits per heavy atom. The molecule has 0 aliphatic rings. The molecule has 156 valence electrons. The maximum atomic E-state index is 12.8. The van der Waals surface area contributed by atoms with Crippen molar-refractivity contribution in [1.29, 1.82) is 0 Å². The third-order valence-corrected chi connectivity index (χ3v) is 5.73. The number of hydrogen-bond acceptors (Lipinski definition) is 4. The number of amides is 1. The molecule has 0 fully saturated rings. The molecule has 0 aliphatic heterocycles. The number of aromatic amines is 2. The fourth-order valence-electron chi connectivity index (χ4n) is 4.02. The number of aryl methyl sites for hydroxylation is 1. The Labute approximate surface area is 182 Å². The molecule has 3 aromatic heterocycles. The Morgan fingerprint density at radius 1 is 0.969 bits per heavy atom. The molecule has 3 N–H and O–H groups in total. The summed E-state index contributed by atoms with van der Waals surface area (Å²) in [7, 11) is 1.95. The van der Waals surface area contributed by atoms with Gasteiger partial charge in [0.05, 0.1) is 34.1 Å². The van der Waals surface area contributed by atoms with Crippen molar-refractivity contribution in [2.75, 3.05) is 0 Å². The minimum atomic E-state index is -0.172. The zero-order valence-corrected chi connectivity index (χ0v) is 17.3. The van der Waals surface area contributed by atoms with Gasteiger partial charge in [-0.15, -0.1) is 0 Å². The van der Waals surface area contributed by atoms with Crippen LogP contribution in [0, 0.1) is 0 Å². The smallest absolute Gasteiger partial charge is 0.251 e. The molecule has 1 amide bonds. The highest BCUT2D eigenvalue weighted by atomic mass is 16.1. The molecule has 32 heavy (non-hydrogen) atoms. The highest BCUT2D eigenvalue weighted by Crippen LogP contribution is 2.26. The van der Waals surface area contributed by atoms with Crippen LogP contribution in [0.3, 0.4) is 0 Å². The number of carbonyl (C=O) groups is 1.